The molecular weight excluding hydrogens is 376 g/mol. The van der Waals surface area contributed by atoms with Crippen molar-refractivity contribution in [1.82, 2.24) is 10.9 Å². The molecule has 1 atom stereocenters. The monoisotopic (exact) mass is 394 g/mol. The zero-order valence-corrected chi connectivity index (χ0v) is 15.9. The number of thiophene rings is 1. The average molecular weight is 394 g/mol. The molecule has 142 valence electrons. The van der Waals surface area contributed by atoms with E-state index in [9.17, 15) is 14.4 Å². The molecule has 1 heterocycles. The van der Waals surface area contributed by atoms with Crippen LogP contribution in [0.5, 0.6) is 5.75 Å². The second kappa shape index (κ2) is 8.96. The number of rotatable bonds is 6. The van der Waals surface area contributed by atoms with Crippen LogP contribution >= 0.6 is 11.3 Å². The van der Waals surface area contributed by atoms with Crippen LogP contribution in [-0.4, -0.2) is 23.7 Å². The molecule has 3 rings (SSSR count). The van der Waals surface area contributed by atoms with Gasteiger partial charge in [0, 0.05) is 11.1 Å². The highest BCUT2D eigenvalue weighted by Crippen LogP contribution is 2.16. The molecule has 2 amide bonds. The molecule has 0 unspecified atom stereocenters. The maximum Gasteiger partial charge on any atom is 0.279 e. The summed E-state index contributed by atoms with van der Waals surface area (Å²) in [5.74, 6) is -0.528. The standard InChI is InChI=1S/C21H18N2O4S/c1-14(20(25)22-23-21(26)18-8-5-13-28-18)27-17-11-9-16(10-12-17)19(24)15-6-3-2-4-7-15/h2-14H,1H3,(H,22,25)(H,23,26)/t14-/m0/s1. The van der Waals surface area contributed by atoms with Gasteiger partial charge in [0.15, 0.2) is 11.9 Å². The summed E-state index contributed by atoms with van der Waals surface area (Å²) in [7, 11) is 0. The van der Waals surface area contributed by atoms with Crippen LogP contribution in [0, 0.1) is 0 Å². The van der Waals surface area contributed by atoms with Crippen molar-refractivity contribution in [2.45, 2.75) is 13.0 Å². The van der Waals surface area contributed by atoms with Crippen molar-refractivity contribution in [2.75, 3.05) is 0 Å². The van der Waals surface area contributed by atoms with Gasteiger partial charge in [0.25, 0.3) is 11.8 Å². The van der Waals surface area contributed by atoms with E-state index in [-0.39, 0.29) is 11.7 Å². The Balaban J connectivity index is 1.53. The molecule has 0 saturated carbocycles. The van der Waals surface area contributed by atoms with Crippen molar-refractivity contribution in [2.24, 2.45) is 0 Å². The molecule has 0 spiro atoms. The Labute approximate surface area is 166 Å². The van der Waals surface area contributed by atoms with Gasteiger partial charge in [0.2, 0.25) is 0 Å². The molecular formula is C21H18N2O4S. The van der Waals surface area contributed by atoms with E-state index in [1.54, 1.807) is 60.8 Å². The summed E-state index contributed by atoms with van der Waals surface area (Å²) in [6.07, 6.45) is -0.834. The number of nitrogens with one attached hydrogen (secondary N) is 2. The average Bonchev–Trinajstić information content (AvgIpc) is 3.27. The van der Waals surface area contributed by atoms with Crippen LogP contribution in [0.3, 0.4) is 0 Å². The van der Waals surface area contributed by atoms with E-state index < -0.39 is 12.0 Å². The Bertz CT molecular complexity index is 954. The van der Waals surface area contributed by atoms with E-state index in [4.69, 9.17) is 4.74 Å². The predicted octanol–water partition coefficient (Wildman–Crippen LogP) is 3.21. The van der Waals surface area contributed by atoms with E-state index in [0.29, 0.717) is 21.8 Å². The minimum absolute atomic E-state index is 0.0887. The number of amides is 2. The van der Waals surface area contributed by atoms with Gasteiger partial charge in [-0.2, -0.15) is 0 Å². The lowest BCUT2D eigenvalue weighted by molar-refractivity contribution is -0.128. The molecule has 0 aliphatic carbocycles. The molecule has 0 aliphatic heterocycles. The third-order valence-electron chi connectivity index (χ3n) is 3.88. The molecule has 0 bridgehead atoms. The topological polar surface area (TPSA) is 84.5 Å². The summed E-state index contributed by atoms with van der Waals surface area (Å²) >= 11 is 1.27. The van der Waals surface area contributed by atoms with Gasteiger partial charge in [-0.3, -0.25) is 25.2 Å². The molecule has 0 fully saturated rings. The zero-order chi connectivity index (χ0) is 19.9. The molecule has 28 heavy (non-hydrogen) atoms. The van der Waals surface area contributed by atoms with Crippen molar-refractivity contribution in [3.05, 3.63) is 88.1 Å². The summed E-state index contributed by atoms with van der Waals surface area (Å²) in [4.78, 5) is 36.8. The van der Waals surface area contributed by atoms with Crippen molar-refractivity contribution >= 4 is 28.9 Å². The second-order valence-corrected chi connectivity index (χ2v) is 6.85. The molecule has 1 aromatic heterocycles. The molecule has 0 aliphatic rings. The smallest absolute Gasteiger partial charge is 0.279 e. The van der Waals surface area contributed by atoms with E-state index in [1.165, 1.54) is 11.3 Å². The summed E-state index contributed by atoms with van der Waals surface area (Å²) in [5, 5.41) is 1.77. The van der Waals surface area contributed by atoms with Crippen LogP contribution in [-0.2, 0) is 4.79 Å². The normalized spacial score (nSPS) is 11.3. The summed E-state index contributed by atoms with van der Waals surface area (Å²) in [5.41, 5.74) is 5.80. The summed E-state index contributed by atoms with van der Waals surface area (Å²) in [6.45, 7) is 1.57. The molecule has 6 nitrogen and oxygen atoms in total. The number of hydrazine groups is 1. The number of carbonyl (C=O) groups excluding carboxylic acids is 3. The quantitative estimate of drug-likeness (QED) is 0.497. The lowest BCUT2D eigenvalue weighted by Crippen LogP contribution is -2.47. The highest BCUT2D eigenvalue weighted by atomic mass is 32.1. The third kappa shape index (κ3) is 4.83. The van der Waals surface area contributed by atoms with E-state index >= 15 is 0 Å². The predicted molar refractivity (Wildman–Crippen MR) is 106 cm³/mol. The van der Waals surface area contributed by atoms with Crippen LogP contribution in [0.2, 0.25) is 0 Å². The number of hydrogen-bond donors (Lipinski definition) is 2. The molecule has 0 radical (unpaired) electrons. The Hall–Kier alpha value is -3.45. The third-order valence-corrected chi connectivity index (χ3v) is 4.75. The van der Waals surface area contributed by atoms with Crippen molar-refractivity contribution in [3.63, 3.8) is 0 Å². The zero-order valence-electron chi connectivity index (χ0n) is 15.0. The summed E-state index contributed by atoms with van der Waals surface area (Å²) < 4.78 is 5.57. The number of carbonyl (C=O) groups is 3. The lowest BCUT2D eigenvalue weighted by atomic mass is 10.0. The van der Waals surface area contributed by atoms with Gasteiger partial charge >= 0.3 is 0 Å². The molecule has 2 N–H and O–H groups in total. The lowest BCUT2D eigenvalue weighted by Gasteiger charge is -2.15. The first kappa shape index (κ1) is 19.3. The maximum atomic E-state index is 12.4. The Morgan fingerprint density at radius 1 is 0.857 bits per heavy atom. The Kier molecular flexibility index (Phi) is 6.18. The fourth-order valence-corrected chi connectivity index (χ4v) is 3.01. The number of ether oxygens (including phenoxy) is 1. The Morgan fingerprint density at radius 2 is 1.54 bits per heavy atom. The largest absolute Gasteiger partial charge is 0.481 e. The molecule has 2 aromatic carbocycles. The second-order valence-electron chi connectivity index (χ2n) is 5.90. The van der Waals surface area contributed by atoms with Crippen LogP contribution in [0.4, 0.5) is 0 Å². The first-order valence-corrected chi connectivity index (χ1v) is 9.43. The van der Waals surface area contributed by atoms with Gasteiger partial charge in [0.1, 0.15) is 5.75 Å². The highest BCUT2D eigenvalue weighted by Gasteiger charge is 2.16. The molecule has 3 aromatic rings. The Morgan fingerprint density at radius 3 is 2.18 bits per heavy atom. The first-order chi connectivity index (χ1) is 13.5. The number of hydrogen-bond acceptors (Lipinski definition) is 5. The molecule has 7 heteroatoms. The van der Waals surface area contributed by atoms with Gasteiger partial charge in [-0.05, 0) is 42.6 Å². The first-order valence-electron chi connectivity index (χ1n) is 8.55. The van der Waals surface area contributed by atoms with Crippen LogP contribution in [0.15, 0.2) is 72.1 Å². The van der Waals surface area contributed by atoms with E-state index in [1.807, 2.05) is 18.2 Å². The summed E-state index contributed by atoms with van der Waals surface area (Å²) in [6, 6.07) is 18.9. The maximum absolute atomic E-state index is 12.4. The van der Waals surface area contributed by atoms with Gasteiger partial charge < -0.3 is 4.74 Å². The fourth-order valence-electron chi connectivity index (χ4n) is 2.39. The van der Waals surface area contributed by atoms with Crippen LogP contribution in [0.25, 0.3) is 0 Å². The van der Waals surface area contributed by atoms with Gasteiger partial charge in [0.05, 0.1) is 4.88 Å². The van der Waals surface area contributed by atoms with Crippen molar-refractivity contribution < 1.29 is 19.1 Å². The van der Waals surface area contributed by atoms with Gasteiger partial charge in [-0.15, -0.1) is 11.3 Å². The minimum atomic E-state index is -0.834. The van der Waals surface area contributed by atoms with E-state index in [2.05, 4.69) is 10.9 Å². The van der Waals surface area contributed by atoms with E-state index in [0.717, 1.165) is 0 Å². The van der Waals surface area contributed by atoms with Crippen LogP contribution < -0.4 is 15.6 Å². The number of benzene rings is 2. The SMILES string of the molecule is C[C@H](Oc1ccc(C(=O)c2ccccc2)cc1)C(=O)NNC(=O)c1cccs1. The van der Waals surface area contributed by atoms with Crippen molar-refractivity contribution in [3.8, 4) is 5.75 Å². The van der Waals surface area contributed by atoms with Gasteiger partial charge in [-0.1, -0.05) is 36.4 Å². The van der Waals surface area contributed by atoms with Crippen LogP contribution in [0.1, 0.15) is 32.5 Å². The number of ketones is 1. The molecule has 0 saturated heterocycles. The minimum Gasteiger partial charge on any atom is -0.481 e. The van der Waals surface area contributed by atoms with Gasteiger partial charge in [-0.25, -0.2) is 0 Å². The highest BCUT2D eigenvalue weighted by molar-refractivity contribution is 7.12. The van der Waals surface area contributed by atoms with Crippen molar-refractivity contribution in [1.29, 1.82) is 0 Å². The fraction of sp³-hybridized carbons (Fsp3) is 0.0952.